The first-order valence-electron chi connectivity index (χ1n) is 6.18. The Morgan fingerprint density at radius 2 is 2.28 bits per heavy atom. The lowest BCUT2D eigenvalue weighted by molar-refractivity contribution is 0.238. The monoisotopic (exact) mass is 262 g/mol. The Morgan fingerprint density at radius 3 is 3.06 bits per heavy atom. The van der Waals surface area contributed by atoms with Crippen molar-refractivity contribution in [1.82, 2.24) is 4.98 Å². The summed E-state index contributed by atoms with van der Waals surface area (Å²) in [6, 6.07) is 7.84. The second kappa shape index (κ2) is 4.75. The fourth-order valence-electron chi connectivity index (χ4n) is 2.58. The van der Waals surface area contributed by atoms with Crippen LogP contribution in [0, 0.1) is 5.92 Å². The summed E-state index contributed by atoms with van der Waals surface area (Å²) in [5.74, 6) is 0.389. The normalized spacial score (nSPS) is 19.7. The molecule has 1 aromatic carbocycles. The van der Waals surface area contributed by atoms with E-state index in [4.69, 9.17) is 11.6 Å². The Labute approximate surface area is 111 Å². The maximum atomic E-state index is 9.22. The van der Waals surface area contributed by atoms with Gasteiger partial charge in [0.1, 0.15) is 0 Å². The molecule has 2 heterocycles. The number of hydrogen-bond acceptors (Lipinski definition) is 3. The minimum Gasteiger partial charge on any atom is -0.396 e. The van der Waals surface area contributed by atoms with Gasteiger partial charge in [0.05, 0.1) is 5.52 Å². The highest BCUT2D eigenvalue weighted by Gasteiger charge is 2.23. The Kier molecular flexibility index (Phi) is 3.10. The van der Waals surface area contributed by atoms with Crippen LogP contribution in [0.1, 0.15) is 6.42 Å². The third-order valence-electron chi connectivity index (χ3n) is 3.57. The first kappa shape index (κ1) is 11.8. The molecule has 0 saturated carbocycles. The van der Waals surface area contributed by atoms with Gasteiger partial charge in [-0.05, 0) is 30.7 Å². The minimum atomic E-state index is 0.269. The van der Waals surface area contributed by atoms with E-state index in [2.05, 4.69) is 9.88 Å². The van der Waals surface area contributed by atoms with Crippen LogP contribution in [0.4, 0.5) is 5.69 Å². The SMILES string of the molecule is OCC1CCN(c2ccnc3cc(Cl)ccc23)C1. The molecule has 1 aliphatic heterocycles. The van der Waals surface area contributed by atoms with E-state index in [0.29, 0.717) is 10.9 Å². The number of hydrogen-bond donors (Lipinski definition) is 1. The first-order valence-corrected chi connectivity index (χ1v) is 6.56. The Hall–Kier alpha value is -1.32. The molecule has 18 heavy (non-hydrogen) atoms. The molecule has 3 nitrogen and oxygen atoms in total. The summed E-state index contributed by atoms with van der Waals surface area (Å²) in [6.07, 6.45) is 2.87. The fraction of sp³-hybridized carbons (Fsp3) is 0.357. The average molecular weight is 263 g/mol. The Morgan fingerprint density at radius 1 is 1.39 bits per heavy atom. The summed E-state index contributed by atoms with van der Waals surface area (Å²) in [6.45, 7) is 2.18. The number of aliphatic hydroxyl groups is 1. The van der Waals surface area contributed by atoms with Crippen molar-refractivity contribution in [1.29, 1.82) is 0 Å². The van der Waals surface area contributed by atoms with Crippen LogP contribution in [-0.2, 0) is 0 Å². The van der Waals surface area contributed by atoms with Crippen LogP contribution in [0.2, 0.25) is 5.02 Å². The lowest BCUT2D eigenvalue weighted by atomic mass is 10.1. The van der Waals surface area contributed by atoms with Crippen LogP contribution in [0.5, 0.6) is 0 Å². The highest BCUT2D eigenvalue weighted by atomic mass is 35.5. The number of benzene rings is 1. The van der Waals surface area contributed by atoms with Gasteiger partial charge in [0.2, 0.25) is 0 Å². The highest BCUT2D eigenvalue weighted by Crippen LogP contribution is 2.30. The zero-order valence-corrected chi connectivity index (χ0v) is 10.8. The van der Waals surface area contributed by atoms with Crippen LogP contribution < -0.4 is 4.90 Å². The van der Waals surface area contributed by atoms with E-state index in [1.165, 1.54) is 5.69 Å². The van der Waals surface area contributed by atoms with E-state index in [1.54, 1.807) is 0 Å². The molecule has 1 aliphatic rings. The van der Waals surface area contributed by atoms with Crippen LogP contribution in [0.3, 0.4) is 0 Å². The van der Waals surface area contributed by atoms with Crippen molar-refractivity contribution in [3.05, 3.63) is 35.5 Å². The number of halogens is 1. The van der Waals surface area contributed by atoms with Gasteiger partial charge in [-0.25, -0.2) is 0 Å². The van der Waals surface area contributed by atoms with Gasteiger partial charge in [-0.3, -0.25) is 4.98 Å². The number of anilines is 1. The number of rotatable bonds is 2. The van der Waals surface area contributed by atoms with Crippen molar-refractivity contribution in [2.75, 3.05) is 24.6 Å². The summed E-state index contributed by atoms with van der Waals surface area (Å²) in [7, 11) is 0. The lowest BCUT2D eigenvalue weighted by Crippen LogP contribution is -2.20. The second-order valence-corrected chi connectivity index (χ2v) is 5.21. The molecule has 1 N–H and O–H groups in total. The van der Waals surface area contributed by atoms with Crippen LogP contribution >= 0.6 is 11.6 Å². The quantitative estimate of drug-likeness (QED) is 0.904. The predicted octanol–water partition coefficient (Wildman–Crippen LogP) is 2.71. The number of fused-ring (bicyclic) bond motifs is 1. The number of pyridine rings is 1. The molecule has 3 rings (SSSR count). The first-order chi connectivity index (χ1) is 8.78. The van der Waals surface area contributed by atoms with Gasteiger partial charge in [0.25, 0.3) is 0 Å². The lowest BCUT2D eigenvalue weighted by Gasteiger charge is -2.20. The van der Waals surface area contributed by atoms with Gasteiger partial charge in [0, 0.05) is 47.9 Å². The van der Waals surface area contributed by atoms with E-state index < -0.39 is 0 Å². The van der Waals surface area contributed by atoms with E-state index in [-0.39, 0.29) is 6.61 Å². The second-order valence-electron chi connectivity index (χ2n) is 4.77. The summed E-state index contributed by atoms with van der Waals surface area (Å²) < 4.78 is 0. The van der Waals surface area contributed by atoms with E-state index in [9.17, 15) is 5.11 Å². The molecule has 1 fully saturated rings. The van der Waals surface area contributed by atoms with Gasteiger partial charge in [-0.2, -0.15) is 0 Å². The molecule has 4 heteroatoms. The van der Waals surface area contributed by atoms with Crippen molar-refractivity contribution < 1.29 is 5.11 Å². The maximum Gasteiger partial charge on any atom is 0.0737 e. The van der Waals surface area contributed by atoms with Gasteiger partial charge < -0.3 is 10.0 Å². The van der Waals surface area contributed by atoms with Crippen molar-refractivity contribution in [2.24, 2.45) is 5.92 Å². The molecule has 1 aromatic heterocycles. The molecule has 94 valence electrons. The average Bonchev–Trinajstić information content (AvgIpc) is 2.86. The Bertz CT molecular complexity index is 573. The van der Waals surface area contributed by atoms with E-state index >= 15 is 0 Å². The maximum absolute atomic E-state index is 9.22. The van der Waals surface area contributed by atoms with Gasteiger partial charge in [-0.1, -0.05) is 11.6 Å². The third-order valence-corrected chi connectivity index (χ3v) is 3.80. The largest absolute Gasteiger partial charge is 0.396 e. The molecule has 0 amide bonds. The zero-order chi connectivity index (χ0) is 12.5. The van der Waals surface area contributed by atoms with Crippen molar-refractivity contribution >= 4 is 28.2 Å². The predicted molar refractivity (Wildman–Crippen MR) is 74.2 cm³/mol. The number of aliphatic hydroxyl groups excluding tert-OH is 1. The topological polar surface area (TPSA) is 36.4 Å². The highest BCUT2D eigenvalue weighted by molar-refractivity contribution is 6.31. The van der Waals surface area contributed by atoms with Crippen molar-refractivity contribution in [3.8, 4) is 0 Å². The molecular formula is C14H15ClN2O. The van der Waals surface area contributed by atoms with E-state index in [0.717, 1.165) is 30.4 Å². The molecular weight excluding hydrogens is 248 g/mol. The van der Waals surface area contributed by atoms with E-state index in [1.807, 2.05) is 30.5 Å². The molecule has 1 unspecified atom stereocenters. The van der Waals surface area contributed by atoms with Crippen molar-refractivity contribution in [3.63, 3.8) is 0 Å². The molecule has 0 aliphatic carbocycles. The third kappa shape index (κ3) is 2.04. The van der Waals surface area contributed by atoms with Crippen LogP contribution in [-0.4, -0.2) is 29.8 Å². The van der Waals surface area contributed by atoms with Crippen LogP contribution in [0.15, 0.2) is 30.5 Å². The number of nitrogens with zero attached hydrogens (tertiary/aromatic N) is 2. The summed E-state index contributed by atoms with van der Waals surface area (Å²) in [4.78, 5) is 6.67. The van der Waals surface area contributed by atoms with Crippen molar-refractivity contribution in [2.45, 2.75) is 6.42 Å². The fourth-order valence-corrected chi connectivity index (χ4v) is 2.75. The summed E-state index contributed by atoms with van der Waals surface area (Å²) in [5, 5.41) is 11.1. The van der Waals surface area contributed by atoms with Gasteiger partial charge in [0.15, 0.2) is 0 Å². The molecule has 0 bridgehead atoms. The van der Waals surface area contributed by atoms with Gasteiger partial charge in [-0.15, -0.1) is 0 Å². The molecule has 1 atom stereocenters. The van der Waals surface area contributed by atoms with Crippen LogP contribution in [0.25, 0.3) is 10.9 Å². The molecule has 2 aromatic rings. The number of aromatic nitrogens is 1. The smallest absolute Gasteiger partial charge is 0.0737 e. The molecule has 0 spiro atoms. The van der Waals surface area contributed by atoms with Gasteiger partial charge >= 0.3 is 0 Å². The molecule has 0 radical (unpaired) electrons. The minimum absolute atomic E-state index is 0.269. The standard InChI is InChI=1S/C14H15ClN2O/c15-11-1-2-12-13(7-11)16-5-3-14(12)17-6-4-10(8-17)9-18/h1-3,5,7,10,18H,4,6,8-9H2. The molecule has 1 saturated heterocycles. The Balaban J connectivity index is 2.02. The zero-order valence-electron chi connectivity index (χ0n) is 10.0. The summed E-state index contributed by atoms with van der Waals surface area (Å²) >= 11 is 5.99. The summed E-state index contributed by atoms with van der Waals surface area (Å²) in [5.41, 5.74) is 2.11.